The summed E-state index contributed by atoms with van der Waals surface area (Å²) >= 11 is 3.43. The largest absolute Gasteiger partial charge is 0.352 e. The first-order chi connectivity index (χ1) is 12.9. The smallest absolute Gasteiger partial charge is 0.227 e. The van der Waals surface area contributed by atoms with Gasteiger partial charge in [0.25, 0.3) is 0 Å². The van der Waals surface area contributed by atoms with Crippen molar-refractivity contribution >= 4 is 33.4 Å². The minimum Gasteiger partial charge on any atom is -0.352 e. The van der Waals surface area contributed by atoms with Gasteiger partial charge in [-0.3, -0.25) is 9.59 Å². The summed E-state index contributed by atoms with van der Waals surface area (Å²) in [4.78, 5) is 28.8. The van der Waals surface area contributed by atoms with E-state index in [4.69, 9.17) is 0 Å². The summed E-state index contributed by atoms with van der Waals surface area (Å²) in [7, 11) is 4.05. The van der Waals surface area contributed by atoms with Crippen LogP contribution in [0.5, 0.6) is 0 Å². The van der Waals surface area contributed by atoms with Gasteiger partial charge in [-0.2, -0.15) is 0 Å². The first kappa shape index (κ1) is 19.6. The normalized spacial score (nSPS) is 16.8. The van der Waals surface area contributed by atoms with Crippen LogP contribution in [0.15, 0.2) is 53.0 Å². The summed E-state index contributed by atoms with van der Waals surface area (Å²) < 4.78 is 0.915. The van der Waals surface area contributed by atoms with Crippen LogP contribution in [0.3, 0.4) is 0 Å². The van der Waals surface area contributed by atoms with Crippen molar-refractivity contribution in [1.29, 1.82) is 0 Å². The van der Waals surface area contributed by atoms with E-state index < -0.39 is 0 Å². The number of halogens is 1. The van der Waals surface area contributed by atoms with Crippen LogP contribution in [0.1, 0.15) is 17.5 Å². The van der Waals surface area contributed by atoms with E-state index in [1.165, 1.54) is 5.56 Å². The quantitative estimate of drug-likeness (QED) is 0.766. The fourth-order valence-corrected chi connectivity index (χ4v) is 3.72. The molecule has 1 saturated heterocycles. The number of nitrogens with zero attached hydrogens (tertiary/aromatic N) is 2. The summed E-state index contributed by atoms with van der Waals surface area (Å²) in [5, 5.41) is 3.01. The van der Waals surface area contributed by atoms with Crippen LogP contribution >= 0.6 is 15.9 Å². The average molecular weight is 430 g/mol. The molecule has 1 aliphatic heterocycles. The van der Waals surface area contributed by atoms with Crippen molar-refractivity contribution in [2.24, 2.45) is 5.92 Å². The maximum atomic E-state index is 12.6. The number of carbonyl (C=O) groups excluding carboxylic acids is 2. The van der Waals surface area contributed by atoms with E-state index >= 15 is 0 Å². The van der Waals surface area contributed by atoms with Crippen LogP contribution in [0.25, 0.3) is 0 Å². The van der Waals surface area contributed by atoms with Crippen LogP contribution in [0.4, 0.5) is 5.69 Å². The highest BCUT2D eigenvalue weighted by molar-refractivity contribution is 9.10. The summed E-state index contributed by atoms with van der Waals surface area (Å²) in [5.74, 6) is -0.403. The number of amides is 2. The van der Waals surface area contributed by atoms with Gasteiger partial charge in [-0.1, -0.05) is 46.3 Å². The molecule has 0 aromatic heterocycles. The molecule has 2 aromatic carbocycles. The molecule has 6 heteroatoms. The Morgan fingerprint density at radius 3 is 2.63 bits per heavy atom. The number of rotatable bonds is 6. The Bertz CT molecular complexity index is 838. The predicted molar refractivity (Wildman–Crippen MR) is 110 cm³/mol. The zero-order valence-corrected chi connectivity index (χ0v) is 17.2. The maximum Gasteiger partial charge on any atom is 0.227 e. The second-order valence-electron chi connectivity index (χ2n) is 7.11. The van der Waals surface area contributed by atoms with E-state index in [2.05, 4.69) is 32.2 Å². The lowest BCUT2D eigenvalue weighted by Crippen LogP contribution is -2.33. The molecule has 1 heterocycles. The fourth-order valence-electron chi connectivity index (χ4n) is 3.33. The monoisotopic (exact) mass is 429 g/mol. The molecular formula is C21H24BrN3O2. The molecule has 2 amide bonds. The number of hydrogen-bond donors (Lipinski definition) is 1. The van der Waals surface area contributed by atoms with E-state index in [9.17, 15) is 9.59 Å². The lowest BCUT2D eigenvalue weighted by atomic mass is 10.1. The summed E-state index contributed by atoms with van der Waals surface area (Å²) in [6.07, 6.45) is 0.248. The standard InChI is InChI=1S/C21H24BrN3O2/c1-24(2)13-16-7-4-3-6-15(16)12-23-21(27)17-10-20(26)25(14-17)19-9-5-8-18(22)11-19/h3-9,11,17H,10,12-14H2,1-2H3,(H,23,27). The van der Waals surface area contributed by atoms with Crippen molar-refractivity contribution in [3.63, 3.8) is 0 Å². The van der Waals surface area contributed by atoms with Gasteiger partial charge in [-0.25, -0.2) is 0 Å². The van der Waals surface area contributed by atoms with Gasteiger partial charge in [0.15, 0.2) is 0 Å². The number of nitrogens with one attached hydrogen (secondary N) is 1. The van der Waals surface area contributed by atoms with Crippen molar-refractivity contribution in [1.82, 2.24) is 10.2 Å². The van der Waals surface area contributed by atoms with Gasteiger partial charge in [0.1, 0.15) is 0 Å². The molecule has 27 heavy (non-hydrogen) atoms. The van der Waals surface area contributed by atoms with Crippen molar-refractivity contribution in [2.45, 2.75) is 19.5 Å². The van der Waals surface area contributed by atoms with Crippen LogP contribution < -0.4 is 10.2 Å². The van der Waals surface area contributed by atoms with E-state index in [1.54, 1.807) is 4.90 Å². The van der Waals surface area contributed by atoms with Crippen molar-refractivity contribution in [3.05, 3.63) is 64.1 Å². The molecule has 3 rings (SSSR count). The summed E-state index contributed by atoms with van der Waals surface area (Å²) in [5.41, 5.74) is 3.12. The first-order valence-electron chi connectivity index (χ1n) is 8.99. The van der Waals surface area contributed by atoms with Crippen molar-refractivity contribution in [3.8, 4) is 0 Å². The van der Waals surface area contributed by atoms with Gasteiger partial charge in [-0.15, -0.1) is 0 Å². The molecule has 1 unspecified atom stereocenters. The van der Waals surface area contributed by atoms with Gasteiger partial charge >= 0.3 is 0 Å². The third kappa shape index (κ3) is 4.96. The highest BCUT2D eigenvalue weighted by Crippen LogP contribution is 2.27. The maximum absolute atomic E-state index is 12.6. The Morgan fingerprint density at radius 1 is 1.19 bits per heavy atom. The van der Waals surface area contributed by atoms with Gasteiger partial charge in [-0.05, 0) is 43.4 Å². The van der Waals surface area contributed by atoms with Gasteiger partial charge in [0.05, 0.1) is 5.92 Å². The third-order valence-electron chi connectivity index (χ3n) is 4.67. The molecule has 1 fully saturated rings. The van der Waals surface area contributed by atoms with Crippen LogP contribution in [0, 0.1) is 5.92 Å². The number of hydrogen-bond acceptors (Lipinski definition) is 3. The number of benzene rings is 2. The molecule has 0 aliphatic carbocycles. The molecule has 1 aliphatic rings. The van der Waals surface area contributed by atoms with Crippen molar-refractivity contribution < 1.29 is 9.59 Å². The number of carbonyl (C=O) groups is 2. The molecule has 1 N–H and O–H groups in total. The van der Waals surface area contributed by atoms with E-state index in [0.717, 1.165) is 22.3 Å². The zero-order chi connectivity index (χ0) is 19.4. The lowest BCUT2D eigenvalue weighted by molar-refractivity contribution is -0.126. The number of anilines is 1. The second kappa shape index (κ2) is 8.67. The lowest BCUT2D eigenvalue weighted by Gasteiger charge is -2.18. The minimum absolute atomic E-state index is 0.0127. The summed E-state index contributed by atoms with van der Waals surface area (Å²) in [6.45, 7) is 1.72. The van der Waals surface area contributed by atoms with Gasteiger partial charge < -0.3 is 15.1 Å². The molecular weight excluding hydrogens is 406 g/mol. The SMILES string of the molecule is CN(C)Cc1ccccc1CNC(=O)C1CC(=O)N(c2cccc(Br)c2)C1. The minimum atomic E-state index is -0.322. The molecule has 0 spiro atoms. The Kier molecular flexibility index (Phi) is 6.29. The Balaban J connectivity index is 1.62. The fraction of sp³-hybridized carbons (Fsp3) is 0.333. The van der Waals surface area contributed by atoms with Gasteiger partial charge in [0, 0.05) is 36.2 Å². The van der Waals surface area contributed by atoms with Crippen LogP contribution in [-0.4, -0.2) is 37.4 Å². The predicted octanol–water partition coefficient (Wildman–Crippen LogP) is 3.18. The molecule has 142 valence electrons. The molecule has 0 saturated carbocycles. The summed E-state index contributed by atoms with van der Waals surface area (Å²) in [6, 6.07) is 15.7. The van der Waals surface area contributed by atoms with E-state index in [1.807, 2.05) is 56.6 Å². The van der Waals surface area contributed by atoms with Crippen LogP contribution in [-0.2, 0) is 22.7 Å². The highest BCUT2D eigenvalue weighted by Gasteiger charge is 2.35. The second-order valence-corrected chi connectivity index (χ2v) is 8.03. The van der Waals surface area contributed by atoms with E-state index in [-0.39, 0.29) is 24.2 Å². The average Bonchev–Trinajstić information content (AvgIpc) is 3.02. The third-order valence-corrected chi connectivity index (χ3v) is 5.17. The molecule has 5 nitrogen and oxygen atoms in total. The molecule has 2 aromatic rings. The topological polar surface area (TPSA) is 52.7 Å². The highest BCUT2D eigenvalue weighted by atomic mass is 79.9. The Labute approximate surface area is 168 Å². The Morgan fingerprint density at radius 2 is 1.93 bits per heavy atom. The molecule has 0 bridgehead atoms. The first-order valence-corrected chi connectivity index (χ1v) is 9.78. The molecule has 1 atom stereocenters. The Hall–Kier alpha value is -2.18. The van der Waals surface area contributed by atoms with Crippen LogP contribution in [0.2, 0.25) is 0 Å². The zero-order valence-electron chi connectivity index (χ0n) is 15.6. The molecule has 0 radical (unpaired) electrons. The van der Waals surface area contributed by atoms with Gasteiger partial charge in [0.2, 0.25) is 11.8 Å². The van der Waals surface area contributed by atoms with Crippen molar-refractivity contribution in [2.75, 3.05) is 25.5 Å². The van der Waals surface area contributed by atoms with E-state index in [0.29, 0.717) is 13.1 Å².